The Hall–Kier alpha value is -3.16. The summed E-state index contributed by atoms with van der Waals surface area (Å²) in [7, 11) is -7.94. The molecule has 0 saturated carbocycles. The lowest BCUT2D eigenvalue weighted by Gasteiger charge is -2.21. The van der Waals surface area contributed by atoms with Gasteiger partial charge in [0, 0.05) is 29.2 Å². The number of hydrogen-bond donors (Lipinski definition) is 6. The molecule has 0 aromatic carbocycles. The Morgan fingerprint density at radius 3 is 2.60 bits per heavy atom. The van der Waals surface area contributed by atoms with E-state index in [1.165, 1.54) is 24.0 Å². The number of phosphoric acid groups is 1. The van der Waals surface area contributed by atoms with E-state index in [9.17, 15) is 33.5 Å². The monoisotopic (exact) mass is 634 g/mol. The van der Waals surface area contributed by atoms with Crippen molar-refractivity contribution in [2.75, 3.05) is 18.9 Å². The highest BCUT2D eigenvalue weighted by Crippen LogP contribution is 2.49. The van der Waals surface area contributed by atoms with Gasteiger partial charge in [0.25, 0.3) is 11.1 Å². The maximum atomic E-state index is 12.9. The Morgan fingerprint density at radius 1 is 1.14 bits per heavy atom. The molecule has 2 aliphatic heterocycles. The number of H-pyrrole nitrogens is 2. The van der Waals surface area contributed by atoms with Crippen molar-refractivity contribution < 1.29 is 47.1 Å². The van der Waals surface area contributed by atoms with Gasteiger partial charge in [-0.05, 0) is 6.92 Å². The van der Waals surface area contributed by atoms with Gasteiger partial charge in [-0.2, -0.15) is 4.98 Å². The second-order valence-corrected chi connectivity index (χ2v) is 11.6. The molecule has 2 unspecified atom stereocenters. The Kier molecular flexibility index (Phi) is 8.55. The van der Waals surface area contributed by atoms with Gasteiger partial charge >= 0.3 is 21.8 Å². The largest absolute Gasteiger partial charge is 0.694 e. The Labute approximate surface area is 234 Å². The quantitative estimate of drug-likeness (QED) is 0.141. The number of aliphatic hydroxyl groups is 1. The van der Waals surface area contributed by atoms with Crippen molar-refractivity contribution in [3.63, 3.8) is 0 Å². The zero-order valence-electron chi connectivity index (χ0n) is 21.6. The van der Waals surface area contributed by atoms with Crippen molar-refractivity contribution in [2.24, 2.45) is 0 Å². The normalized spacial score (nSPS) is 27.9. The van der Waals surface area contributed by atoms with Gasteiger partial charge in [0.15, 0.2) is 11.2 Å². The zero-order valence-corrected chi connectivity index (χ0v) is 23.4. The van der Waals surface area contributed by atoms with E-state index in [0.29, 0.717) is 0 Å². The fraction of sp³-hybridized carbons (Fsp3) is 0.550. The van der Waals surface area contributed by atoms with E-state index in [1.807, 2.05) is 0 Å². The van der Waals surface area contributed by atoms with Crippen LogP contribution in [-0.2, 0) is 32.2 Å². The molecule has 8 atom stereocenters. The van der Waals surface area contributed by atoms with Gasteiger partial charge in [-0.25, -0.2) is 14.3 Å². The third-order valence-electron chi connectivity index (χ3n) is 6.62. The van der Waals surface area contributed by atoms with E-state index >= 15 is 0 Å². The van der Waals surface area contributed by atoms with E-state index in [4.69, 9.17) is 29.1 Å². The van der Waals surface area contributed by atoms with Gasteiger partial charge in [0.05, 0.1) is 19.0 Å². The summed E-state index contributed by atoms with van der Waals surface area (Å²) in [5.74, 6) is -0.153. The lowest BCUT2D eigenvalue weighted by atomic mass is 10.2. The number of rotatable bonds is 10. The average Bonchev–Trinajstić information content (AvgIpc) is 3.60. The predicted octanol–water partition coefficient (Wildman–Crippen LogP) is -1.34. The van der Waals surface area contributed by atoms with Crippen molar-refractivity contribution in [2.45, 2.75) is 56.6 Å². The maximum absolute atomic E-state index is 12.9. The summed E-state index contributed by atoms with van der Waals surface area (Å²) < 4.78 is 52.8. The molecular formula is C20H26N7O13P2+. The number of aryl methyl sites for hydroxylation is 1. The van der Waals surface area contributed by atoms with Crippen LogP contribution in [0.15, 0.2) is 26.9 Å². The van der Waals surface area contributed by atoms with Crippen molar-refractivity contribution in [1.29, 1.82) is 0 Å². The maximum Gasteiger partial charge on any atom is 0.694 e. The number of imidazole rings is 1. The lowest BCUT2D eigenvalue weighted by Crippen LogP contribution is -2.33. The number of anilines is 1. The molecule has 5 rings (SSSR count). The minimum Gasteiger partial charge on any atom is -0.390 e. The van der Waals surface area contributed by atoms with Crippen molar-refractivity contribution in [3.05, 3.63) is 49.3 Å². The smallest absolute Gasteiger partial charge is 0.390 e. The molecule has 0 radical (unpaired) electrons. The predicted molar refractivity (Wildman–Crippen MR) is 138 cm³/mol. The number of aromatic nitrogens is 6. The van der Waals surface area contributed by atoms with Crippen molar-refractivity contribution in [3.8, 4) is 0 Å². The van der Waals surface area contributed by atoms with Crippen LogP contribution in [0.1, 0.15) is 30.9 Å². The molecule has 2 aliphatic rings. The molecule has 42 heavy (non-hydrogen) atoms. The highest BCUT2D eigenvalue weighted by Gasteiger charge is 2.44. The number of phosphoric ester groups is 1. The number of aromatic amines is 2. The zero-order chi connectivity index (χ0) is 30.3. The molecule has 3 aromatic heterocycles. The van der Waals surface area contributed by atoms with Crippen LogP contribution in [0.5, 0.6) is 0 Å². The second kappa shape index (κ2) is 11.8. The van der Waals surface area contributed by atoms with Crippen LogP contribution in [0.3, 0.4) is 0 Å². The first kappa shape index (κ1) is 30.3. The van der Waals surface area contributed by atoms with Crippen LogP contribution < -0.4 is 22.5 Å². The molecule has 20 nitrogen and oxygen atoms in total. The van der Waals surface area contributed by atoms with Gasteiger partial charge in [0.1, 0.15) is 37.4 Å². The molecule has 0 spiro atoms. The first-order valence-corrected chi connectivity index (χ1v) is 14.9. The van der Waals surface area contributed by atoms with Crippen LogP contribution in [0.4, 0.5) is 5.95 Å². The molecule has 0 bridgehead atoms. The molecule has 2 saturated heterocycles. The van der Waals surface area contributed by atoms with E-state index < -0.39 is 83.0 Å². The van der Waals surface area contributed by atoms with Crippen LogP contribution in [0, 0.1) is 6.92 Å². The summed E-state index contributed by atoms with van der Waals surface area (Å²) in [6, 6.07) is 0. The fourth-order valence-electron chi connectivity index (χ4n) is 4.63. The highest BCUT2D eigenvalue weighted by atomic mass is 31.2. The van der Waals surface area contributed by atoms with E-state index in [1.54, 1.807) is 0 Å². The van der Waals surface area contributed by atoms with Gasteiger partial charge in [0.2, 0.25) is 5.95 Å². The lowest BCUT2D eigenvalue weighted by molar-refractivity contribution is -0.0543. The molecule has 0 amide bonds. The Bertz CT molecular complexity index is 1720. The number of nitrogens with two attached hydrogens (primary N) is 1. The fourth-order valence-corrected chi connectivity index (χ4v) is 5.86. The third kappa shape index (κ3) is 6.42. The molecule has 2 fully saturated rings. The van der Waals surface area contributed by atoms with Crippen LogP contribution in [0.25, 0.3) is 11.2 Å². The van der Waals surface area contributed by atoms with Gasteiger partial charge in [-0.3, -0.25) is 37.7 Å². The summed E-state index contributed by atoms with van der Waals surface area (Å²) in [5, 5.41) is 10.5. The third-order valence-corrected chi connectivity index (χ3v) is 8.00. The van der Waals surface area contributed by atoms with Gasteiger partial charge in [-0.15, -0.1) is 9.42 Å². The second-order valence-electron chi connectivity index (χ2n) is 9.49. The van der Waals surface area contributed by atoms with Crippen molar-refractivity contribution in [1.82, 2.24) is 29.1 Å². The molecule has 5 heterocycles. The summed E-state index contributed by atoms with van der Waals surface area (Å²) >= 11 is 0. The van der Waals surface area contributed by atoms with Crippen molar-refractivity contribution >= 4 is 33.2 Å². The van der Waals surface area contributed by atoms with Crippen LogP contribution in [-0.4, -0.2) is 81.6 Å². The van der Waals surface area contributed by atoms with E-state index in [-0.39, 0.29) is 35.5 Å². The Balaban J connectivity index is 1.25. The molecule has 7 N–H and O–H groups in total. The van der Waals surface area contributed by atoms with E-state index in [0.717, 1.165) is 4.57 Å². The molecular weight excluding hydrogens is 608 g/mol. The van der Waals surface area contributed by atoms with Gasteiger partial charge < -0.3 is 25.2 Å². The van der Waals surface area contributed by atoms with Crippen LogP contribution in [0.2, 0.25) is 0 Å². The molecule has 228 valence electrons. The standard InChI is InChI=1S/C20H25N7O13P2/c1-8-4-26(20(31)25-17(8)29)14-3-10(12(39-14)5-36-41(32)33)40-42(34,35)37-6-11-9(28)2-13(38-11)27-7-22-15-16(27)23-19(21)24-18(15)30/h4,7,9-14,28H,2-3,5-6H2,1H3,(H5-,21,23,24,25,29,30,31,32,33,34,35)/p+1/t9-,10-,11+,12+,13+,14+/m0/s1. The minimum atomic E-state index is -4.89. The first-order chi connectivity index (χ1) is 19.8. The summed E-state index contributed by atoms with van der Waals surface area (Å²) in [4.78, 5) is 68.0. The number of nitrogens with zero attached hydrogens (tertiary/aromatic N) is 4. The van der Waals surface area contributed by atoms with Gasteiger partial charge in [-0.1, -0.05) is 0 Å². The Morgan fingerprint density at radius 2 is 1.86 bits per heavy atom. The molecule has 0 aliphatic carbocycles. The topological polar surface area (TPSA) is 285 Å². The summed E-state index contributed by atoms with van der Waals surface area (Å²) in [6.45, 7) is 0.305. The SMILES string of the molecule is Cc1cn([C@H]2C[C@H](OP(=O)(O)OC[C@H]3O[C@@H](n4cnc5c(=O)[nH]c(N)nc54)C[C@@H]3O)[C@@H](CO[P+](=O)O)O2)c(=O)[nH]c1=O. The number of aliphatic hydroxyl groups excluding tert-OH is 1. The molecule has 22 heteroatoms. The highest BCUT2D eigenvalue weighted by molar-refractivity contribution is 7.47. The van der Waals surface area contributed by atoms with E-state index in [2.05, 4.69) is 24.5 Å². The number of hydrogen-bond acceptors (Lipinski definition) is 14. The average molecular weight is 634 g/mol. The summed E-state index contributed by atoms with van der Waals surface area (Å²) in [6.07, 6.45) is -4.40. The number of fused-ring (bicyclic) bond motifs is 1. The first-order valence-electron chi connectivity index (χ1n) is 12.3. The number of nitrogen functional groups attached to an aromatic ring is 1. The number of nitrogens with one attached hydrogen (secondary N) is 2. The van der Waals surface area contributed by atoms with Crippen LogP contribution >= 0.6 is 16.1 Å². The minimum absolute atomic E-state index is 0.00380. The molecule has 3 aromatic rings. The number of ether oxygens (including phenoxy) is 2. The summed E-state index contributed by atoms with van der Waals surface area (Å²) in [5.41, 5.74) is 3.91.